The summed E-state index contributed by atoms with van der Waals surface area (Å²) in [7, 11) is -2.60. The molecule has 0 atom stereocenters. The van der Waals surface area contributed by atoms with Crippen LogP contribution in [0, 0.1) is 0 Å². The Bertz CT molecular complexity index is 702. The van der Waals surface area contributed by atoms with Gasteiger partial charge < -0.3 is 4.57 Å². The third-order valence-corrected chi connectivity index (χ3v) is 7.72. The van der Waals surface area contributed by atoms with Gasteiger partial charge in [-0.1, -0.05) is 0 Å². The van der Waals surface area contributed by atoms with Gasteiger partial charge in [0.2, 0.25) is 15.0 Å². The predicted molar refractivity (Wildman–Crippen MR) is 75.4 cm³/mol. The largest absolute Gasteiger partial charge is 0.308 e. The number of rotatable bonds is 4. The monoisotopic (exact) mass is 337 g/mol. The van der Waals surface area contributed by atoms with Crippen molar-refractivity contribution in [2.75, 3.05) is 27.2 Å². The normalized spacial score (nSPS) is 19.2. The summed E-state index contributed by atoms with van der Waals surface area (Å²) in [6, 6.07) is 0. The van der Waals surface area contributed by atoms with E-state index in [-0.39, 0.29) is 31.1 Å². The number of hydrogen-bond donors (Lipinski definition) is 0. The molecular weight excluding hydrogens is 318 g/mol. The molecule has 0 amide bonds. The molecule has 1 fully saturated rings. The first kappa shape index (κ1) is 16.3. The highest BCUT2D eigenvalue weighted by Crippen LogP contribution is 2.24. The summed E-state index contributed by atoms with van der Waals surface area (Å²) in [5.41, 5.74) is 0. The van der Waals surface area contributed by atoms with Crippen molar-refractivity contribution in [3.05, 3.63) is 6.33 Å². The van der Waals surface area contributed by atoms with Crippen molar-refractivity contribution in [1.82, 2.24) is 23.4 Å². The molecule has 120 valence electrons. The van der Waals surface area contributed by atoms with Crippen molar-refractivity contribution in [3.63, 3.8) is 0 Å². The molecule has 2 rings (SSSR count). The van der Waals surface area contributed by atoms with E-state index in [1.54, 1.807) is 7.05 Å². The van der Waals surface area contributed by atoms with Crippen LogP contribution >= 0.6 is 0 Å². The van der Waals surface area contributed by atoms with Crippen molar-refractivity contribution in [2.45, 2.75) is 23.2 Å². The van der Waals surface area contributed by atoms with Gasteiger partial charge in [-0.25, -0.2) is 8.42 Å². The average Bonchev–Trinajstić information content (AvgIpc) is 2.85. The summed E-state index contributed by atoms with van der Waals surface area (Å²) in [6.07, 6.45) is 1.84. The van der Waals surface area contributed by atoms with E-state index in [9.17, 15) is 16.8 Å². The van der Waals surface area contributed by atoms with E-state index in [1.807, 2.05) is 0 Å². The number of sulfone groups is 1. The molecule has 2 heterocycles. The van der Waals surface area contributed by atoms with Crippen molar-refractivity contribution >= 4 is 20.0 Å². The molecule has 0 aromatic carbocycles. The highest BCUT2D eigenvalue weighted by atomic mass is 32.2. The number of nitrogens with zero attached hydrogens (tertiary/aromatic N) is 5. The molecule has 0 spiro atoms. The number of aryl methyl sites for hydroxylation is 1. The molecule has 9 nitrogen and oxygen atoms in total. The van der Waals surface area contributed by atoms with Gasteiger partial charge in [0, 0.05) is 34.2 Å². The van der Waals surface area contributed by atoms with Gasteiger partial charge in [-0.3, -0.25) is 0 Å². The van der Waals surface area contributed by atoms with Crippen LogP contribution in [0.5, 0.6) is 0 Å². The molecule has 11 heteroatoms. The van der Waals surface area contributed by atoms with Crippen LogP contribution in [0.2, 0.25) is 0 Å². The Morgan fingerprint density at radius 3 is 2.19 bits per heavy atom. The van der Waals surface area contributed by atoms with Gasteiger partial charge in [0.05, 0.1) is 5.25 Å². The molecule has 0 bridgehead atoms. The van der Waals surface area contributed by atoms with E-state index in [0.717, 1.165) is 4.31 Å². The zero-order valence-corrected chi connectivity index (χ0v) is 13.8. The van der Waals surface area contributed by atoms with E-state index < -0.39 is 25.3 Å². The fourth-order valence-electron chi connectivity index (χ4n) is 2.28. The van der Waals surface area contributed by atoms with Crippen molar-refractivity contribution < 1.29 is 16.8 Å². The zero-order chi connectivity index (χ0) is 15.8. The first-order valence-electron chi connectivity index (χ1n) is 6.43. The van der Waals surface area contributed by atoms with Crippen LogP contribution < -0.4 is 0 Å². The highest BCUT2D eigenvalue weighted by molar-refractivity contribution is 7.91. The second-order valence-corrected chi connectivity index (χ2v) is 9.42. The van der Waals surface area contributed by atoms with Crippen LogP contribution in [-0.4, -0.2) is 72.6 Å². The van der Waals surface area contributed by atoms with Crippen molar-refractivity contribution in [2.24, 2.45) is 7.05 Å². The third kappa shape index (κ3) is 2.96. The van der Waals surface area contributed by atoms with Crippen molar-refractivity contribution in [1.29, 1.82) is 0 Å². The Morgan fingerprint density at radius 2 is 1.76 bits per heavy atom. The Morgan fingerprint density at radius 1 is 1.19 bits per heavy atom. The standard InChI is InChI=1S/C10H19N5O4S2/c1-13(2)21(18,19)15-6-4-9(5-7-15)20(16,17)10-12-11-8-14(10)3/h8-9H,4-7H2,1-3H3. The molecule has 1 aliphatic rings. The maximum absolute atomic E-state index is 12.5. The van der Waals surface area contributed by atoms with Gasteiger partial charge in [-0.15, -0.1) is 10.2 Å². The third-order valence-electron chi connectivity index (χ3n) is 3.55. The fourth-order valence-corrected chi connectivity index (χ4v) is 5.16. The van der Waals surface area contributed by atoms with E-state index in [4.69, 9.17) is 0 Å². The average molecular weight is 337 g/mol. The van der Waals surface area contributed by atoms with Crippen LogP contribution in [0.15, 0.2) is 11.5 Å². The molecule has 0 N–H and O–H groups in total. The Hall–Kier alpha value is -1.04. The first-order chi connectivity index (χ1) is 9.67. The number of hydrogen-bond acceptors (Lipinski definition) is 6. The summed E-state index contributed by atoms with van der Waals surface area (Å²) < 4.78 is 52.7. The molecule has 1 aromatic heterocycles. The van der Waals surface area contributed by atoms with E-state index in [1.165, 1.54) is 29.3 Å². The molecule has 0 unspecified atom stereocenters. The second kappa shape index (κ2) is 5.63. The van der Waals surface area contributed by atoms with E-state index >= 15 is 0 Å². The van der Waals surface area contributed by atoms with Gasteiger partial charge in [0.15, 0.2) is 0 Å². The fraction of sp³-hybridized carbons (Fsp3) is 0.800. The minimum absolute atomic E-state index is 0.0728. The lowest BCUT2D eigenvalue weighted by molar-refractivity contribution is 0.323. The minimum atomic E-state index is -3.58. The Balaban J connectivity index is 2.14. The molecule has 1 saturated heterocycles. The Labute approximate surface area is 124 Å². The SMILES string of the molecule is CN(C)S(=O)(=O)N1CCC(S(=O)(=O)c2nncn2C)CC1. The van der Waals surface area contributed by atoms with Gasteiger partial charge in [0.25, 0.3) is 10.2 Å². The van der Waals surface area contributed by atoms with Crippen LogP contribution in [0.25, 0.3) is 0 Å². The lowest BCUT2D eigenvalue weighted by atomic mass is 10.2. The van der Waals surface area contributed by atoms with Crippen LogP contribution in [0.3, 0.4) is 0 Å². The lowest BCUT2D eigenvalue weighted by Crippen LogP contribution is -2.47. The quantitative estimate of drug-likeness (QED) is 0.687. The highest BCUT2D eigenvalue weighted by Gasteiger charge is 2.37. The maximum atomic E-state index is 12.5. The molecule has 0 aliphatic carbocycles. The molecule has 21 heavy (non-hydrogen) atoms. The molecule has 1 aromatic rings. The predicted octanol–water partition coefficient (Wildman–Crippen LogP) is -1.14. The molecule has 0 radical (unpaired) electrons. The van der Waals surface area contributed by atoms with Crippen LogP contribution in [0.1, 0.15) is 12.8 Å². The summed E-state index contributed by atoms with van der Waals surface area (Å²) in [6.45, 7) is 0.366. The maximum Gasteiger partial charge on any atom is 0.281 e. The van der Waals surface area contributed by atoms with E-state index in [2.05, 4.69) is 10.2 Å². The molecule has 0 saturated carbocycles. The van der Waals surface area contributed by atoms with Gasteiger partial charge in [0.1, 0.15) is 6.33 Å². The topological polar surface area (TPSA) is 105 Å². The van der Waals surface area contributed by atoms with Crippen LogP contribution in [-0.2, 0) is 27.1 Å². The molecular formula is C10H19N5O4S2. The van der Waals surface area contributed by atoms with Gasteiger partial charge in [-0.05, 0) is 12.8 Å². The Kier molecular flexibility index (Phi) is 4.38. The molecule has 1 aliphatic heterocycles. The van der Waals surface area contributed by atoms with Gasteiger partial charge in [-0.2, -0.15) is 17.0 Å². The first-order valence-corrected chi connectivity index (χ1v) is 9.37. The van der Waals surface area contributed by atoms with Gasteiger partial charge >= 0.3 is 0 Å². The summed E-state index contributed by atoms with van der Waals surface area (Å²) >= 11 is 0. The van der Waals surface area contributed by atoms with E-state index in [0.29, 0.717) is 0 Å². The van der Waals surface area contributed by atoms with Crippen molar-refractivity contribution in [3.8, 4) is 0 Å². The number of piperidine rings is 1. The summed E-state index contributed by atoms with van der Waals surface area (Å²) in [4.78, 5) is 0. The van der Waals surface area contributed by atoms with Crippen LogP contribution in [0.4, 0.5) is 0 Å². The summed E-state index contributed by atoms with van der Waals surface area (Å²) in [5.74, 6) is 0. The second-order valence-electron chi connectivity index (χ2n) is 5.16. The zero-order valence-electron chi connectivity index (χ0n) is 12.2. The lowest BCUT2D eigenvalue weighted by Gasteiger charge is -2.32. The smallest absolute Gasteiger partial charge is 0.281 e. The summed E-state index contributed by atoms with van der Waals surface area (Å²) in [5, 5.41) is 6.52. The minimum Gasteiger partial charge on any atom is -0.308 e. The number of aromatic nitrogens is 3.